The lowest BCUT2D eigenvalue weighted by Crippen LogP contribution is -2.34. The SMILES string of the molecule is O=C(Nc1c(F)cc(Cl)cc1F)N1CC[C@@H](O)C1. The molecule has 1 aliphatic rings. The second-order valence-electron chi connectivity index (χ2n) is 4.06. The number of likely N-dealkylation sites (tertiary alicyclic amines) is 1. The van der Waals surface area contributed by atoms with Gasteiger partial charge in [-0.2, -0.15) is 0 Å². The van der Waals surface area contributed by atoms with Crippen molar-refractivity contribution in [2.24, 2.45) is 0 Å². The number of carbonyl (C=O) groups is 1. The molecule has 18 heavy (non-hydrogen) atoms. The second-order valence-corrected chi connectivity index (χ2v) is 4.50. The minimum Gasteiger partial charge on any atom is -0.391 e. The Kier molecular flexibility index (Phi) is 3.68. The van der Waals surface area contributed by atoms with Crippen molar-refractivity contribution in [3.63, 3.8) is 0 Å². The van der Waals surface area contributed by atoms with Crippen LogP contribution in [0.1, 0.15) is 6.42 Å². The van der Waals surface area contributed by atoms with Crippen LogP contribution in [0, 0.1) is 11.6 Å². The fourth-order valence-electron chi connectivity index (χ4n) is 1.77. The molecule has 0 aliphatic carbocycles. The Morgan fingerprint density at radius 2 is 2.06 bits per heavy atom. The second kappa shape index (κ2) is 5.07. The van der Waals surface area contributed by atoms with Gasteiger partial charge in [0.2, 0.25) is 0 Å². The molecule has 0 bridgehead atoms. The van der Waals surface area contributed by atoms with Gasteiger partial charge in [0.05, 0.1) is 6.10 Å². The lowest BCUT2D eigenvalue weighted by molar-refractivity contribution is 0.176. The van der Waals surface area contributed by atoms with E-state index in [1.807, 2.05) is 0 Å². The molecule has 1 saturated heterocycles. The Hall–Kier alpha value is -1.40. The van der Waals surface area contributed by atoms with Gasteiger partial charge >= 0.3 is 6.03 Å². The summed E-state index contributed by atoms with van der Waals surface area (Å²) < 4.78 is 26.9. The highest BCUT2D eigenvalue weighted by Crippen LogP contribution is 2.24. The lowest BCUT2D eigenvalue weighted by atomic mass is 10.3. The predicted molar refractivity (Wildman–Crippen MR) is 62.6 cm³/mol. The van der Waals surface area contributed by atoms with Crippen molar-refractivity contribution in [3.8, 4) is 0 Å². The first kappa shape index (κ1) is 13.0. The molecule has 1 fully saturated rings. The van der Waals surface area contributed by atoms with Crippen LogP contribution >= 0.6 is 11.6 Å². The third-order valence-corrected chi connectivity index (χ3v) is 2.91. The molecule has 1 heterocycles. The number of hydrogen-bond acceptors (Lipinski definition) is 2. The molecule has 0 radical (unpaired) electrons. The van der Waals surface area contributed by atoms with E-state index in [-0.39, 0.29) is 11.6 Å². The van der Waals surface area contributed by atoms with Gasteiger partial charge in [0.1, 0.15) is 5.69 Å². The Labute approximate surface area is 107 Å². The highest BCUT2D eigenvalue weighted by Gasteiger charge is 2.25. The van der Waals surface area contributed by atoms with E-state index in [1.165, 1.54) is 4.90 Å². The van der Waals surface area contributed by atoms with E-state index < -0.39 is 29.5 Å². The quantitative estimate of drug-likeness (QED) is 0.826. The smallest absolute Gasteiger partial charge is 0.322 e. The molecule has 98 valence electrons. The molecule has 1 atom stereocenters. The van der Waals surface area contributed by atoms with Crippen LogP contribution in [0.25, 0.3) is 0 Å². The third kappa shape index (κ3) is 2.70. The third-order valence-electron chi connectivity index (χ3n) is 2.69. The molecule has 2 N–H and O–H groups in total. The molecule has 0 spiro atoms. The van der Waals surface area contributed by atoms with Gasteiger partial charge in [-0.05, 0) is 18.6 Å². The van der Waals surface area contributed by atoms with Crippen LogP contribution in [0.15, 0.2) is 12.1 Å². The zero-order valence-electron chi connectivity index (χ0n) is 9.29. The van der Waals surface area contributed by atoms with E-state index in [1.54, 1.807) is 0 Å². The van der Waals surface area contributed by atoms with E-state index in [0.717, 1.165) is 12.1 Å². The summed E-state index contributed by atoms with van der Waals surface area (Å²) in [4.78, 5) is 13.0. The molecular weight excluding hydrogens is 266 g/mol. The van der Waals surface area contributed by atoms with E-state index in [9.17, 15) is 18.7 Å². The number of rotatable bonds is 1. The summed E-state index contributed by atoms with van der Waals surface area (Å²) in [7, 11) is 0. The van der Waals surface area contributed by atoms with E-state index >= 15 is 0 Å². The topological polar surface area (TPSA) is 52.6 Å². The summed E-state index contributed by atoms with van der Waals surface area (Å²) in [5, 5.41) is 11.3. The Morgan fingerprint density at radius 3 is 2.56 bits per heavy atom. The molecular formula is C11H11ClF2N2O2. The lowest BCUT2D eigenvalue weighted by Gasteiger charge is -2.17. The number of benzene rings is 1. The maximum atomic E-state index is 13.4. The molecule has 0 unspecified atom stereocenters. The van der Waals surface area contributed by atoms with E-state index in [2.05, 4.69) is 5.32 Å². The number of halogens is 3. The minimum absolute atomic E-state index is 0.0837. The van der Waals surface area contributed by atoms with Gasteiger partial charge in [-0.25, -0.2) is 13.6 Å². The Morgan fingerprint density at radius 1 is 1.44 bits per heavy atom. The fourth-order valence-corrected chi connectivity index (χ4v) is 1.97. The fraction of sp³-hybridized carbons (Fsp3) is 0.364. The number of carbonyl (C=O) groups excluding carboxylic acids is 1. The van der Waals surface area contributed by atoms with Crippen molar-refractivity contribution >= 4 is 23.3 Å². The number of amides is 2. The van der Waals surface area contributed by atoms with Crippen LogP contribution in [0.3, 0.4) is 0 Å². The van der Waals surface area contributed by atoms with Gasteiger partial charge < -0.3 is 15.3 Å². The highest BCUT2D eigenvalue weighted by atomic mass is 35.5. The standard InChI is InChI=1S/C11H11ClF2N2O2/c12-6-3-8(13)10(9(14)4-6)15-11(18)16-2-1-7(17)5-16/h3-4,7,17H,1-2,5H2,(H,15,18)/t7-/m1/s1. The summed E-state index contributed by atoms with van der Waals surface area (Å²) in [6.45, 7) is 0.506. The molecule has 1 aliphatic heterocycles. The van der Waals surface area contributed by atoms with Crippen molar-refractivity contribution in [1.29, 1.82) is 0 Å². The predicted octanol–water partition coefficient (Wildman–Crippen LogP) is 2.22. The molecule has 1 aromatic carbocycles. The summed E-state index contributed by atoms with van der Waals surface area (Å²) in [5.74, 6) is -1.87. The van der Waals surface area contributed by atoms with E-state index in [4.69, 9.17) is 11.6 Å². The van der Waals surface area contributed by atoms with Crippen LogP contribution in [0.5, 0.6) is 0 Å². The zero-order chi connectivity index (χ0) is 13.3. The maximum absolute atomic E-state index is 13.4. The maximum Gasteiger partial charge on any atom is 0.322 e. The first-order valence-electron chi connectivity index (χ1n) is 5.36. The van der Waals surface area contributed by atoms with Crippen LogP contribution in [0.4, 0.5) is 19.3 Å². The van der Waals surface area contributed by atoms with Gasteiger partial charge in [-0.3, -0.25) is 0 Å². The molecule has 0 saturated carbocycles. The molecule has 4 nitrogen and oxygen atoms in total. The van der Waals surface area contributed by atoms with Crippen molar-refractivity contribution in [2.45, 2.75) is 12.5 Å². The van der Waals surface area contributed by atoms with Crippen molar-refractivity contribution in [3.05, 3.63) is 28.8 Å². The summed E-state index contributed by atoms with van der Waals surface area (Å²) in [6.07, 6.45) is -0.130. The van der Waals surface area contributed by atoms with E-state index in [0.29, 0.717) is 13.0 Å². The largest absolute Gasteiger partial charge is 0.391 e. The van der Waals surface area contributed by atoms with Gasteiger partial charge in [0.25, 0.3) is 0 Å². The molecule has 2 amide bonds. The monoisotopic (exact) mass is 276 g/mol. The van der Waals surface area contributed by atoms with Crippen molar-refractivity contribution in [1.82, 2.24) is 4.90 Å². The van der Waals surface area contributed by atoms with Gasteiger partial charge in [-0.15, -0.1) is 0 Å². The number of nitrogens with zero attached hydrogens (tertiary/aromatic N) is 1. The zero-order valence-corrected chi connectivity index (χ0v) is 10.0. The summed E-state index contributed by atoms with van der Waals surface area (Å²) in [5.41, 5.74) is -0.536. The van der Waals surface area contributed by atoms with Crippen LogP contribution < -0.4 is 5.32 Å². The van der Waals surface area contributed by atoms with Crippen LogP contribution in [-0.4, -0.2) is 35.2 Å². The highest BCUT2D eigenvalue weighted by molar-refractivity contribution is 6.30. The number of anilines is 1. The molecule has 0 aromatic heterocycles. The molecule has 2 rings (SSSR count). The van der Waals surface area contributed by atoms with Gasteiger partial charge in [0, 0.05) is 18.1 Å². The van der Waals surface area contributed by atoms with Crippen molar-refractivity contribution < 1.29 is 18.7 Å². The first-order chi connectivity index (χ1) is 8.47. The first-order valence-corrected chi connectivity index (χ1v) is 5.73. The van der Waals surface area contributed by atoms with Gasteiger partial charge in [-0.1, -0.05) is 11.6 Å². The Bertz CT molecular complexity index is 461. The number of urea groups is 1. The average molecular weight is 277 g/mol. The number of nitrogens with one attached hydrogen (secondary N) is 1. The number of aliphatic hydroxyl groups excluding tert-OH is 1. The summed E-state index contributed by atoms with van der Waals surface area (Å²) >= 11 is 5.47. The normalized spacial score (nSPS) is 19.1. The molecule has 1 aromatic rings. The number of hydrogen-bond donors (Lipinski definition) is 2. The van der Waals surface area contributed by atoms with Crippen LogP contribution in [0.2, 0.25) is 5.02 Å². The average Bonchev–Trinajstić information content (AvgIpc) is 2.70. The molecule has 7 heteroatoms. The number of β-amino-alcohol motifs (C(OH)–C–C–N with tert-alkyl or cyclic N) is 1. The minimum atomic E-state index is -0.937. The Balaban J connectivity index is 2.12. The van der Waals surface area contributed by atoms with Crippen molar-refractivity contribution in [2.75, 3.05) is 18.4 Å². The van der Waals surface area contributed by atoms with Gasteiger partial charge in [0.15, 0.2) is 11.6 Å². The summed E-state index contributed by atoms with van der Waals surface area (Å²) in [6, 6.07) is 1.18. The number of aliphatic hydroxyl groups is 1. The van der Waals surface area contributed by atoms with Crippen LogP contribution in [-0.2, 0) is 0 Å².